The van der Waals surface area contributed by atoms with E-state index in [1.165, 1.54) is 16.7 Å². The van der Waals surface area contributed by atoms with E-state index in [1.54, 1.807) is 7.11 Å². The standard InChI is InChI=1S/C19H23NO/c1-20(2)15-7-10-19(16-8-5-4-6-9-16)17-11-13-18(21-3)14-12-17/h4-6,8-14H,7,15H2,1-3H3. The van der Waals surface area contributed by atoms with Crippen LogP contribution >= 0.6 is 0 Å². The summed E-state index contributed by atoms with van der Waals surface area (Å²) in [7, 11) is 5.90. The van der Waals surface area contributed by atoms with Gasteiger partial charge in [0.25, 0.3) is 0 Å². The number of nitrogens with zero attached hydrogens (tertiary/aromatic N) is 1. The largest absolute Gasteiger partial charge is 0.497 e. The molecule has 0 unspecified atom stereocenters. The van der Waals surface area contributed by atoms with Crippen LogP contribution < -0.4 is 4.74 Å². The molecule has 2 aromatic carbocycles. The number of methoxy groups -OCH3 is 1. The Hall–Kier alpha value is -2.06. The van der Waals surface area contributed by atoms with Crippen molar-refractivity contribution >= 4 is 5.57 Å². The van der Waals surface area contributed by atoms with Gasteiger partial charge in [-0.3, -0.25) is 0 Å². The second-order valence-corrected chi connectivity index (χ2v) is 5.30. The molecule has 0 spiro atoms. The molecule has 2 rings (SSSR count). The topological polar surface area (TPSA) is 12.5 Å². The average Bonchev–Trinajstić information content (AvgIpc) is 2.52. The molecule has 0 aliphatic carbocycles. The molecule has 21 heavy (non-hydrogen) atoms. The first kappa shape index (κ1) is 15.3. The molecule has 0 amide bonds. The quantitative estimate of drug-likeness (QED) is 0.791. The maximum absolute atomic E-state index is 5.24. The van der Waals surface area contributed by atoms with Crippen molar-refractivity contribution in [1.29, 1.82) is 0 Å². The van der Waals surface area contributed by atoms with Gasteiger partial charge in [-0.25, -0.2) is 0 Å². The molecular weight excluding hydrogens is 258 g/mol. The van der Waals surface area contributed by atoms with Gasteiger partial charge in [0.05, 0.1) is 7.11 Å². The van der Waals surface area contributed by atoms with Gasteiger partial charge in [-0.05, 0) is 49.3 Å². The van der Waals surface area contributed by atoms with Crippen LogP contribution in [0.3, 0.4) is 0 Å². The molecule has 0 heterocycles. The van der Waals surface area contributed by atoms with E-state index in [-0.39, 0.29) is 0 Å². The highest BCUT2D eigenvalue weighted by Crippen LogP contribution is 2.25. The summed E-state index contributed by atoms with van der Waals surface area (Å²) in [5.41, 5.74) is 3.75. The van der Waals surface area contributed by atoms with E-state index >= 15 is 0 Å². The number of benzene rings is 2. The van der Waals surface area contributed by atoms with Crippen molar-refractivity contribution in [3.05, 3.63) is 71.8 Å². The van der Waals surface area contributed by atoms with E-state index in [0.717, 1.165) is 18.7 Å². The van der Waals surface area contributed by atoms with Crippen LogP contribution in [0.15, 0.2) is 60.7 Å². The molecule has 0 aromatic heterocycles. The molecule has 2 nitrogen and oxygen atoms in total. The Morgan fingerprint density at radius 2 is 1.57 bits per heavy atom. The lowest BCUT2D eigenvalue weighted by atomic mass is 9.97. The van der Waals surface area contributed by atoms with Crippen molar-refractivity contribution in [2.24, 2.45) is 0 Å². The highest BCUT2D eigenvalue weighted by molar-refractivity contribution is 5.79. The van der Waals surface area contributed by atoms with Gasteiger partial charge in [0, 0.05) is 6.54 Å². The molecule has 0 bridgehead atoms. The molecule has 0 aliphatic rings. The van der Waals surface area contributed by atoms with Gasteiger partial charge in [0.1, 0.15) is 5.75 Å². The Labute approximate surface area is 127 Å². The fourth-order valence-electron chi connectivity index (χ4n) is 2.26. The van der Waals surface area contributed by atoms with Gasteiger partial charge in [-0.2, -0.15) is 0 Å². The van der Waals surface area contributed by atoms with Gasteiger partial charge < -0.3 is 9.64 Å². The second kappa shape index (κ2) is 7.65. The number of ether oxygens (including phenoxy) is 1. The monoisotopic (exact) mass is 281 g/mol. The predicted molar refractivity (Wildman–Crippen MR) is 89.7 cm³/mol. The molecule has 0 N–H and O–H groups in total. The van der Waals surface area contributed by atoms with E-state index in [2.05, 4.69) is 67.5 Å². The summed E-state index contributed by atoms with van der Waals surface area (Å²) in [5.74, 6) is 0.888. The van der Waals surface area contributed by atoms with Gasteiger partial charge in [0.15, 0.2) is 0 Å². The highest BCUT2D eigenvalue weighted by Gasteiger charge is 2.05. The molecule has 0 saturated heterocycles. The third-order valence-electron chi connectivity index (χ3n) is 3.41. The van der Waals surface area contributed by atoms with Crippen molar-refractivity contribution < 1.29 is 4.74 Å². The summed E-state index contributed by atoms with van der Waals surface area (Å²) in [6.45, 7) is 1.05. The maximum atomic E-state index is 5.24. The third-order valence-corrected chi connectivity index (χ3v) is 3.41. The third kappa shape index (κ3) is 4.47. The minimum Gasteiger partial charge on any atom is -0.497 e. The number of hydrogen-bond donors (Lipinski definition) is 0. The molecule has 0 fully saturated rings. The Kier molecular flexibility index (Phi) is 5.59. The van der Waals surface area contributed by atoms with Crippen LogP contribution in [-0.2, 0) is 0 Å². The first-order valence-electron chi connectivity index (χ1n) is 7.25. The minimum absolute atomic E-state index is 0.888. The Bertz CT molecular complexity index is 570. The van der Waals surface area contributed by atoms with Gasteiger partial charge in [-0.15, -0.1) is 0 Å². The van der Waals surface area contributed by atoms with Crippen LogP contribution in [0.25, 0.3) is 5.57 Å². The van der Waals surface area contributed by atoms with E-state index in [0.29, 0.717) is 0 Å². The van der Waals surface area contributed by atoms with Crippen LogP contribution in [0, 0.1) is 0 Å². The van der Waals surface area contributed by atoms with E-state index in [1.807, 2.05) is 12.1 Å². The first-order chi connectivity index (χ1) is 10.2. The first-order valence-corrected chi connectivity index (χ1v) is 7.25. The number of hydrogen-bond acceptors (Lipinski definition) is 2. The SMILES string of the molecule is COc1ccc(C(=CCCN(C)C)c2ccccc2)cc1. The van der Waals surface area contributed by atoms with Crippen LogP contribution in [0.5, 0.6) is 5.75 Å². The molecule has 110 valence electrons. The normalized spacial score (nSPS) is 11.7. The van der Waals surface area contributed by atoms with Crippen LogP contribution in [0.1, 0.15) is 17.5 Å². The summed E-state index contributed by atoms with van der Waals surface area (Å²) in [5, 5.41) is 0. The van der Waals surface area contributed by atoms with E-state index in [9.17, 15) is 0 Å². The lowest BCUT2D eigenvalue weighted by Crippen LogP contribution is -2.12. The molecule has 2 aromatic rings. The Morgan fingerprint density at radius 1 is 0.952 bits per heavy atom. The molecule has 2 heteroatoms. The van der Waals surface area contributed by atoms with Gasteiger partial charge >= 0.3 is 0 Å². The molecule has 0 saturated carbocycles. The second-order valence-electron chi connectivity index (χ2n) is 5.30. The molecule has 0 atom stereocenters. The zero-order valence-corrected chi connectivity index (χ0v) is 13.0. The molecular formula is C19H23NO. The van der Waals surface area contributed by atoms with Crippen molar-refractivity contribution in [2.75, 3.05) is 27.7 Å². The summed E-state index contributed by atoms with van der Waals surface area (Å²) < 4.78 is 5.24. The minimum atomic E-state index is 0.888. The molecule has 0 aliphatic heterocycles. The lowest BCUT2D eigenvalue weighted by molar-refractivity contribution is 0.415. The summed E-state index contributed by atoms with van der Waals surface area (Å²) >= 11 is 0. The zero-order valence-electron chi connectivity index (χ0n) is 13.0. The average molecular weight is 281 g/mol. The van der Waals surface area contributed by atoms with Crippen LogP contribution in [0.2, 0.25) is 0 Å². The smallest absolute Gasteiger partial charge is 0.118 e. The van der Waals surface area contributed by atoms with Crippen molar-refractivity contribution in [2.45, 2.75) is 6.42 Å². The van der Waals surface area contributed by atoms with Crippen LogP contribution in [0.4, 0.5) is 0 Å². The fraction of sp³-hybridized carbons (Fsp3) is 0.263. The van der Waals surface area contributed by atoms with E-state index in [4.69, 9.17) is 4.74 Å². The van der Waals surface area contributed by atoms with Crippen molar-refractivity contribution in [1.82, 2.24) is 4.90 Å². The Balaban J connectivity index is 2.30. The van der Waals surface area contributed by atoms with Gasteiger partial charge in [0.2, 0.25) is 0 Å². The highest BCUT2D eigenvalue weighted by atomic mass is 16.5. The summed E-state index contributed by atoms with van der Waals surface area (Å²) in [6, 6.07) is 18.8. The van der Waals surface area contributed by atoms with Crippen molar-refractivity contribution in [3.8, 4) is 5.75 Å². The van der Waals surface area contributed by atoms with Crippen LogP contribution in [-0.4, -0.2) is 32.6 Å². The predicted octanol–water partition coefficient (Wildman–Crippen LogP) is 4.08. The lowest BCUT2D eigenvalue weighted by Gasteiger charge is -2.11. The molecule has 0 radical (unpaired) electrons. The Morgan fingerprint density at radius 3 is 2.14 bits per heavy atom. The van der Waals surface area contributed by atoms with Crippen molar-refractivity contribution in [3.63, 3.8) is 0 Å². The summed E-state index contributed by atoms with van der Waals surface area (Å²) in [4.78, 5) is 2.20. The number of rotatable bonds is 6. The summed E-state index contributed by atoms with van der Waals surface area (Å²) in [6.07, 6.45) is 3.35. The maximum Gasteiger partial charge on any atom is 0.118 e. The zero-order chi connectivity index (χ0) is 15.1. The van der Waals surface area contributed by atoms with E-state index < -0.39 is 0 Å². The fourth-order valence-corrected chi connectivity index (χ4v) is 2.26. The van der Waals surface area contributed by atoms with Gasteiger partial charge in [-0.1, -0.05) is 48.5 Å².